The van der Waals surface area contributed by atoms with Crippen molar-refractivity contribution in [2.75, 3.05) is 0 Å². The van der Waals surface area contributed by atoms with Crippen LogP contribution in [0.1, 0.15) is 5.56 Å². The van der Waals surface area contributed by atoms with E-state index >= 15 is 0 Å². The number of nitrogens with zero attached hydrogens (tertiary/aromatic N) is 1. The van der Waals surface area contributed by atoms with E-state index in [1.54, 1.807) is 0 Å². The molecule has 0 fully saturated rings. The highest BCUT2D eigenvalue weighted by Crippen LogP contribution is 2.23. The molecule has 0 radical (unpaired) electrons. The number of hydrogen-bond acceptors (Lipinski definition) is 1. The maximum atomic E-state index is 5.97. The smallest absolute Gasteiger partial charge is 0.120 e. The number of rotatable bonds is 5. The second kappa shape index (κ2) is 6.06. The third kappa shape index (κ3) is 3.11. The molecule has 2 nitrogen and oxygen atoms in total. The molecule has 0 saturated carbocycles. The van der Waals surface area contributed by atoms with Crippen LogP contribution in [0.5, 0.6) is 5.75 Å². The van der Waals surface area contributed by atoms with Crippen LogP contribution >= 0.6 is 11.6 Å². The highest BCUT2D eigenvalue weighted by molar-refractivity contribution is 6.30. The Morgan fingerprint density at radius 2 is 2.05 bits per heavy atom. The number of fused-ring (bicyclic) bond motifs is 1. The summed E-state index contributed by atoms with van der Waals surface area (Å²) in [6.07, 6.45) is 3.95. The first-order chi connectivity index (χ1) is 10.3. The molecule has 0 saturated heterocycles. The molecule has 0 amide bonds. The zero-order valence-corrected chi connectivity index (χ0v) is 12.4. The van der Waals surface area contributed by atoms with Gasteiger partial charge < -0.3 is 9.30 Å². The van der Waals surface area contributed by atoms with Crippen LogP contribution < -0.4 is 4.74 Å². The summed E-state index contributed by atoms with van der Waals surface area (Å²) < 4.78 is 7.99. The van der Waals surface area contributed by atoms with Crippen LogP contribution in [0.3, 0.4) is 0 Å². The van der Waals surface area contributed by atoms with E-state index in [9.17, 15) is 0 Å². The lowest BCUT2D eigenvalue weighted by Crippen LogP contribution is -1.95. The van der Waals surface area contributed by atoms with Crippen molar-refractivity contribution in [3.8, 4) is 5.75 Å². The highest BCUT2D eigenvalue weighted by atomic mass is 35.5. The van der Waals surface area contributed by atoms with Gasteiger partial charge in [0.25, 0.3) is 0 Å². The minimum atomic E-state index is 0.513. The Morgan fingerprint density at radius 1 is 1.14 bits per heavy atom. The van der Waals surface area contributed by atoms with E-state index in [0.29, 0.717) is 6.61 Å². The van der Waals surface area contributed by atoms with Gasteiger partial charge in [0, 0.05) is 28.7 Å². The van der Waals surface area contributed by atoms with Gasteiger partial charge in [0.1, 0.15) is 12.4 Å². The minimum absolute atomic E-state index is 0.513. The summed E-state index contributed by atoms with van der Waals surface area (Å²) >= 11 is 5.97. The van der Waals surface area contributed by atoms with E-state index in [4.69, 9.17) is 16.3 Å². The van der Waals surface area contributed by atoms with Crippen LogP contribution in [0.4, 0.5) is 0 Å². The summed E-state index contributed by atoms with van der Waals surface area (Å²) in [7, 11) is 0. The molecule has 106 valence electrons. The fraction of sp³-hybridized carbons (Fsp3) is 0.111. The molecule has 0 atom stereocenters. The van der Waals surface area contributed by atoms with Gasteiger partial charge in [-0.2, -0.15) is 0 Å². The van der Waals surface area contributed by atoms with Crippen molar-refractivity contribution in [2.45, 2.75) is 13.2 Å². The lowest BCUT2D eigenvalue weighted by molar-refractivity contribution is 0.306. The standard InChI is InChI=1S/C18H16ClNO/c1-2-9-20-10-8-15-12-17(6-7-18(15)20)21-13-14-4-3-5-16(19)11-14/h2-8,10-12H,1,9,13H2. The summed E-state index contributed by atoms with van der Waals surface area (Å²) in [5.74, 6) is 0.860. The molecule has 0 aliphatic rings. The predicted molar refractivity (Wildman–Crippen MR) is 87.9 cm³/mol. The molecule has 0 spiro atoms. The Bertz CT molecular complexity index is 776. The normalized spacial score (nSPS) is 10.7. The molecule has 0 N–H and O–H groups in total. The van der Waals surface area contributed by atoms with E-state index in [-0.39, 0.29) is 0 Å². The number of allylic oxidation sites excluding steroid dienone is 1. The molecule has 2 aromatic carbocycles. The molecule has 1 aromatic heterocycles. The molecule has 21 heavy (non-hydrogen) atoms. The van der Waals surface area contributed by atoms with E-state index in [1.165, 1.54) is 10.9 Å². The van der Waals surface area contributed by atoms with Crippen molar-refractivity contribution in [1.29, 1.82) is 0 Å². The molecule has 3 rings (SSSR count). The Balaban J connectivity index is 1.77. The Hall–Kier alpha value is -2.19. The van der Waals surface area contributed by atoms with Gasteiger partial charge in [0.05, 0.1) is 0 Å². The second-order valence-corrected chi connectivity index (χ2v) is 5.33. The zero-order chi connectivity index (χ0) is 14.7. The Labute approximate surface area is 129 Å². The quantitative estimate of drug-likeness (QED) is 0.600. The molecule has 0 aliphatic carbocycles. The van der Waals surface area contributed by atoms with Gasteiger partial charge in [-0.25, -0.2) is 0 Å². The van der Waals surface area contributed by atoms with Crippen LogP contribution in [0.25, 0.3) is 10.9 Å². The van der Waals surface area contributed by atoms with Crippen molar-refractivity contribution in [1.82, 2.24) is 4.57 Å². The summed E-state index contributed by atoms with van der Waals surface area (Å²) in [5.41, 5.74) is 2.25. The van der Waals surface area contributed by atoms with Crippen LogP contribution in [0.15, 0.2) is 67.4 Å². The number of ether oxygens (including phenoxy) is 1. The summed E-state index contributed by atoms with van der Waals surface area (Å²) in [5, 5.41) is 1.90. The van der Waals surface area contributed by atoms with Crippen molar-refractivity contribution in [3.05, 3.63) is 78.0 Å². The molecule has 0 aliphatic heterocycles. The Kier molecular flexibility index (Phi) is 3.98. The summed E-state index contributed by atoms with van der Waals surface area (Å²) in [6, 6.07) is 15.9. The lowest BCUT2D eigenvalue weighted by Gasteiger charge is -2.07. The van der Waals surface area contributed by atoms with Gasteiger partial charge in [-0.1, -0.05) is 29.8 Å². The van der Waals surface area contributed by atoms with Crippen LogP contribution in [-0.4, -0.2) is 4.57 Å². The van der Waals surface area contributed by atoms with Gasteiger partial charge in [-0.05, 0) is 42.0 Å². The molecular formula is C18H16ClNO. The third-order valence-corrected chi connectivity index (χ3v) is 3.60. The fourth-order valence-corrected chi connectivity index (χ4v) is 2.57. The topological polar surface area (TPSA) is 14.2 Å². The minimum Gasteiger partial charge on any atom is -0.489 e. The largest absolute Gasteiger partial charge is 0.489 e. The van der Waals surface area contributed by atoms with Crippen molar-refractivity contribution in [2.24, 2.45) is 0 Å². The van der Waals surface area contributed by atoms with Gasteiger partial charge in [0.2, 0.25) is 0 Å². The predicted octanol–water partition coefficient (Wildman–Crippen LogP) is 5.06. The van der Waals surface area contributed by atoms with Crippen molar-refractivity contribution in [3.63, 3.8) is 0 Å². The SMILES string of the molecule is C=CCn1ccc2cc(OCc3cccc(Cl)c3)ccc21. The monoisotopic (exact) mass is 297 g/mol. The van der Waals surface area contributed by atoms with Crippen LogP contribution in [0.2, 0.25) is 5.02 Å². The fourth-order valence-electron chi connectivity index (χ4n) is 2.36. The average Bonchev–Trinajstić information content (AvgIpc) is 2.88. The molecular weight excluding hydrogens is 282 g/mol. The maximum Gasteiger partial charge on any atom is 0.120 e. The van der Waals surface area contributed by atoms with Crippen molar-refractivity contribution < 1.29 is 4.74 Å². The molecule has 0 unspecified atom stereocenters. The lowest BCUT2D eigenvalue weighted by atomic mass is 10.2. The van der Waals surface area contributed by atoms with E-state index < -0.39 is 0 Å². The number of benzene rings is 2. The number of halogens is 1. The molecule has 0 bridgehead atoms. The molecule has 3 heteroatoms. The first-order valence-corrected chi connectivity index (χ1v) is 7.21. The molecule has 3 aromatic rings. The van der Waals surface area contributed by atoms with E-state index in [1.807, 2.05) is 36.4 Å². The van der Waals surface area contributed by atoms with Crippen LogP contribution in [0, 0.1) is 0 Å². The van der Waals surface area contributed by atoms with Gasteiger partial charge >= 0.3 is 0 Å². The van der Waals surface area contributed by atoms with Crippen molar-refractivity contribution >= 4 is 22.5 Å². The zero-order valence-electron chi connectivity index (χ0n) is 11.6. The van der Waals surface area contributed by atoms with E-state index in [0.717, 1.165) is 22.9 Å². The van der Waals surface area contributed by atoms with Crippen LogP contribution in [-0.2, 0) is 13.2 Å². The summed E-state index contributed by atoms with van der Waals surface area (Å²) in [4.78, 5) is 0. The first-order valence-electron chi connectivity index (χ1n) is 6.83. The number of hydrogen-bond donors (Lipinski definition) is 0. The Morgan fingerprint density at radius 3 is 2.86 bits per heavy atom. The molecule has 1 heterocycles. The third-order valence-electron chi connectivity index (χ3n) is 3.36. The van der Waals surface area contributed by atoms with Gasteiger partial charge in [-0.15, -0.1) is 6.58 Å². The average molecular weight is 298 g/mol. The van der Waals surface area contributed by atoms with Gasteiger partial charge in [0.15, 0.2) is 0 Å². The first kappa shape index (κ1) is 13.8. The van der Waals surface area contributed by atoms with E-state index in [2.05, 4.69) is 35.5 Å². The number of aromatic nitrogens is 1. The summed E-state index contributed by atoms with van der Waals surface area (Å²) in [6.45, 7) is 5.10. The van der Waals surface area contributed by atoms with Gasteiger partial charge in [-0.3, -0.25) is 0 Å². The second-order valence-electron chi connectivity index (χ2n) is 4.90. The highest BCUT2D eigenvalue weighted by Gasteiger charge is 2.03. The maximum absolute atomic E-state index is 5.97.